The number of hydrogen-bond donors (Lipinski definition) is 2. The van der Waals surface area contributed by atoms with E-state index in [1.807, 2.05) is 24.3 Å². The van der Waals surface area contributed by atoms with Gasteiger partial charge >= 0.3 is 0 Å². The van der Waals surface area contributed by atoms with Crippen LogP contribution in [-0.4, -0.2) is 23.1 Å². The van der Waals surface area contributed by atoms with E-state index in [1.165, 1.54) is 25.7 Å². The van der Waals surface area contributed by atoms with E-state index in [9.17, 15) is 0 Å². The number of nitrogens with one attached hydrogen (secondary N) is 1. The minimum atomic E-state index is 0.597. The third-order valence-corrected chi connectivity index (χ3v) is 4.13. The molecular formula is C16H20ClN5. The van der Waals surface area contributed by atoms with Gasteiger partial charge in [0.15, 0.2) is 11.6 Å². The maximum Gasteiger partial charge on any atom is 0.159 e. The Balaban J connectivity index is 1.83. The molecule has 3 rings (SSSR count). The lowest BCUT2D eigenvalue weighted by atomic mass is 10.2. The molecule has 0 spiro atoms. The molecule has 116 valence electrons. The van der Waals surface area contributed by atoms with E-state index in [1.54, 1.807) is 6.33 Å². The van der Waals surface area contributed by atoms with Gasteiger partial charge in [0.2, 0.25) is 0 Å². The highest BCUT2D eigenvalue weighted by Crippen LogP contribution is 2.30. The Morgan fingerprint density at radius 1 is 1.00 bits per heavy atom. The van der Waals surface area contributed by atoms with Gasteiger partial charge in [-0.15, -0.1) is 0 Å². The molecule has 1 aromatic carbocycles. The number of halogens is 1. The van der Waals surface area contributed by atoms with Crippen molar-refractivity contribution in [1.29, 1.82) is 0 Å². The van der Waals surface area contributed by atoms with E-state index < -0.39 is 0 Å². The van der Waals surface area contributed by atoms with Crippen molar-refractivity contribution >= 4 is 34.6 Å². The number of nitrogens with two attached hydrogens (primary N) is 1. The quantitative estimate of drug-likeness (QED) is 0.900. The summed E-state index contributed by atoms with van der Waals surface area (Å²) in [5.41, 5.74) is 7.78. The van der Waals surface area contributed by atoms with Gasteiger partial charge in [0.25, 0.3) is 0 Å². The lowest BCUT2D eigenvalue weighted by molar-refractivity contribution is 0.726. The maximum absolute atomic E-state index is 6.29. The van der Waals surface area contributed by atoms with Crippen molar-refractivity contribution in [2.75, 3.05) is 29.0 Å². The lowest BCUT2D eigenvalue weighted by Crippen LogP contribution is -2.26. The molecule has 6 heteroatoms. The van der Waals surface area contributed by atoms with Gasteiger partial charge in [0, 0.05) is 23.8 Å². The van der Waals surface area contributed by atoms with E-state index in [0.717, 1.165) is 24.6 Å². The van der Waals surface area contributed by atoms with Crippen LogP contribution in [-0.2, 0) is 0 Å². The van der Waals surface area contributed by atoms with Gasteiger partial charge in [-0.05, 0) is 37.1 Å². The number of rotatable bonds is 3. The average Bonchev–Trinajstić information content (AvgIpc) is 2.81. The summed E-state index contributed by atoms with van der Waals surface area (Å²) >= 11 is 5.90. The zero-order valence-corrected chi connectivity index (χ0v) is 13.2. The standard InChI is InChI=1S/C16H20ClN5/c17-12-5-7-13(8-6-12)21-15-14(18)16(20-11-19-15)22-9-3-1-2-4-10-22/h5-8,11H,1-4,9-10,18H2,(H,19,20,21). The van der Waals surface area contributed by atoms with Crippen LogP contribution in [0.3, 0.4) is 0 Å². The number of nitrogens with zero attached hydrogens (tertiary/aromatic N) is 3. The van der Waals surface area contributed by atoms with Gasteiger partial charge in [0.05, 0.1) is 0 Å². The Kier molecular flexibility index (Phi) is 4.63. The summed E-state index contributed by atoms with van der Waals surface area (Å²) in [4.78, 5) is 10.9. The van der Waals surface area contributed by atoms with Crippen LogP contribution in [0.5, 0.6) is 0 Å². The van der Waals surface area contributed by atoms with Gasteiger partial charge in [-0.25, -0.2) is 9.97 Å². The molecule has 2 heterocycles. The van der Waals surface area contributed by atoms with Crippen LogP contribution in [0, 0.1) is 0 Å². The summed E-state index contributed by atoms with van der Waals surface area (Å²) in [6.45, 7) is 2.00. The molecule has 2 aromatic rings. The largest absolute Gasteiger partial charge is 0.393 e. The first-order valence-electron chi connectivity index (χ1n) is 7.62. The highest BCUT2D eigenvalue weighted by Gasteiger charge is 2.16. The molecule has 0 unspecified atom stereocenters. The summed E-state index contributed by atoms with van der Waals surface area (Å²) in [6, 6.07) is 7.46. The normalized spacial score (nSPS) is 15.4. The molecule has 0 aliphatic carbocycles. The summed E-state index contributed by atoms with van der Waals surface area (Å²) < 4.78 is 0. The van der Waals surface area contributed by atoms with Crippen LogP contribution < -0.4 is 16.0 Å². The fourth-order valence-electron chi connectivity index (χ4n) is 2.69. The molecule has 0 bridgehead atoms. The van der Waals surface area contributed by atoms with Gasteiger partial charge in [0.1, 0.15) is 12.0 Å². The molecule has 0 saturated carbocycles. The van der Waals surface area contributed by atoms with Crippen molar-refractivity contribution in [2.45, 2.75) is 25.7 Å². The van der Waals surface area contributed by atoms with Crippen molar-refractivity contribution in [2.24, 2.45) is 0 Å². The zero-order valence-electron chi connectivity index (χ0n) is 12.4. The molecule has 0 atom stereocenters. The Morgan fingerprint density at radius 3 is 2.36 bits per heavy atom. The minimum absolute atomic E-state index is 0.597. The predicted octanol–water partition coefficient (Wildman–Crippen LogP) is 3.84. The second-order valence-electron chi connectivity index (χ2n) is 5.49. The first-order chi connectivity index (χ1) is 10.7. The molecular weight excluding hydrogens is 298 g/mol. The monoisotopic (exact) mass is 317 g/mol. The second-order valence-corrected chi connectivity index (χ2v) is 5.93. The van der Waals surface area contributed by atoms with E-state index in [2.05, 4.69) is 20.2 Å². The highest BCUT2D eigenvalue weighted by atomic mass is 35.5. The van der Waals surface area contributed by atoms with Crippen LogP contribution in [0.2, 0.25) is 5.02 Å². The Hall–Kier alpha value is -2.01. The van der Waals surface area contributed by atoms with Crippen LogP contribution in [0.15, 0.2) is 30.6 Å². The van der Waals surface area contributed by atoms with Crippen LogP contribution in [0.4, 0.5) is 23.0 Å². The Labute approximate surface area is 135 Å². The van der Waals surface area contributed by atoms with Crippen LogP contribution in [0.1, 0.15) is 25.7 Å². The number of anilines is 4. The number of hydrogen-bond acceptors (Lipinski definition) is 5. The summed E-state index contributed by atoms with van der Waals surface area (Å²) in [6.07, 6.45) is 6.48. The third-order valence-electron chi connectivity index (χ3n) is 3.88. The SMILES string of the molecule is Nc1c(Nc2ccc(Cl)cc2)ncnc1N1CCCCCC1. The highest BCUT2D eigenvalue weighted by molar-refractivity contribution is 6.30. The predicted molar refractivity (Wildman–Crippen MR) is 91.9 cm³/mol. The van der Waals surface area contributed by atoms with Crippen LogP contribution in [0.25, 0.3) is 0 Å². The fraction of sp³-hybridized carbons (Fsp3) is 0.375. The molecule has 5 nitrogen and oxygen atoms in total. The third kappa shape index (κ3) is 3.42. The van der Waals surface area contributed by atoms with E-state index in [0.29, 0.717) is 16.5 Å². The zero-order chi connectivity index (χ0) is 15.4. The summed E-state index contributed by atoms with van der Waals surface area (Å²) in [5, 5.41) is 3.93. The maximum atomic E-state index is 6.29. The van der Waals surface area contributed by atoms with E-state index in [-0.39, 0.29) is 0 Å². The van der Waals surface area contributed by atoms with Crippen molar-refractivity contribution in [1.82, 2.24) is 9.97 Å². The molecule has 1 saturated heterocycles. The van der Waals surface area contributed by atoms with Gasteiger partial charge in [-0.1, -0.05) is 24.4 Å². The van der Waals surface area contributed by atoms with E-state index in [4.69, 9.17) is 17.3 Å². The molecule has 22 heavy (non-hydrogen) atoms. The van der Waals surface area contributed by atoms with Crippen LogP contribution >= 0.6 is 11.6 Å². The van der Waals surface area contributed by atoms with Crippen molar-refractivity contribution in [3.8, 4) is 0 Å². The van der Waals surface area contributed by atoms with Gasteiger partial charge in [-0.3, -0.25) is 0 Å². The topological polar surface area (TPSA) is 67.1 Å². The second kappa shape index (κ2) is 6.83. The lowest BCUT2D eigenvalue weighted by Gasteiger charge is -2.23. The minimum Gasteiger partial charge on any atom is -0.393 e. The molecule has 1 aliphatic rings. The van der Waals surface area contributed by atoms with E-state index >= 15 is 0 Å². The van der Waals surface area contributed by atoms with Gasteiger partial charge in [-0.2, -0.15) is 0 Å². The molecule has 1 fully saturated rings. The Morgan fingerprint density at radius 2 is 1.68 bits per heavy atom. The molecule has 1 aromatic heterocycles. The Bertz CT molecular complexity index is 621. The number of benzene rings is 1. The molecule has 0 amide bonds. The smallest absolute Gasteiger partial charge is 0.159 e. The van der Waals surface area contributed by atoms with Crippen molar-refractivity contribution < 1.29 is 0 Å². The average molecular weight is 318 g/mol. The molecule has 3 N–H and O–H groups in total. The first kappa shape index (κ1) is 14.9. The number of nitrogen functional groups attached to an aromatic ring is 1. The summed E-state index contributed by atoms with van der Waals surface area (Å²) in [7, 11) is 0. The van der Waals surface area contributed by atoms with Crippen molar-refractivity contribution in [3.05, 3.63) is 35.6 Å². The summed E-state index contributed by atoms with van der Waals surface area (Å²) in [5.74, 6) is 1.46. The first-order valence-corrected chi connectivity index (χ1v) is 8.00. The fourth-order valence-corrected chi connectivity index (χ4v) is 2.82. The van der Waals surface area contributed by atoms with Crippen molar-refractivity contribution in [3.63, 3.8) is 0 Å². The van der Waals surface area contributed by atoms with Gasteiger partial charge < -0.3 is 16.0 Å². The molecule has 0 radical (unpaired) electrons. The number of aromatic nitrogens is 2. The molecule has 1 aliphatic heterocycles.